The van der Waals surface area contributed by atoms with Crippen LogP contribution in [0, 0.1) is 5.92 Å². The Kier molecular flexibility index (Phi) is 4.57. The second-order valence-corrected chi connectivity index (χ2v) is 4.72. The molecule has 0 aliphatic heterocycles. The van der Waals surface area contributed by atoms with Crippen molar-refractivity contribution in [3.8, 4) is 5.75 Å². The molecule has 0 radical (unpaired) electrons. The van der Waals surface area contributed by atoms with Crippen molar-refractivity contribution in [2.75, 3.05) is 7.11 Å². The molecule has 0 aromatic carbocycles. The van der Waals surface area contributed by atoms with Crippen molar-refractivity contribution in [1.82, 2.24) is 9.78 Å². The Balaban J connectivity index is 3.29. The fraction of sp³-hybridized carbons (Fsp3) is 0.769. The maximum absolute atomic E-state index is 10.8. The molecule has 4 heteroatoms. The maximum atomic E-state index is 10.8. The number of aryl methyl sites for hydroxylation is 1. The van der Waals surface area contributed by atoms with Crippen LogP contribution >= 0.6 is 0 Å². The number of aliphatic hydroxyl groups is 1. The number of ether oxygens (including phenoxy) is 1. The summed E-state index contributed by atoms with van der Waals surface area (Å²) in [5, 5.41) is 15.1. The predicted molar refractivity (Wildman–Crippen MR) is 68.1 cm³/mol. The number of methoxy groups -OCH3 is 1. The third-order valence-electron chi connectivity index (χ3n) is 3.37. The second kappa shape index (κ2) is 5.54. The Morgan fingerprint density at radius 1 is 1.47 bits per heavy atom. The zero-order valence-corrected chi connectivity index (χ0v) is 11.5. The molecule has 0 aliphatic rings. The van der Waals surface area contributed by atoms with Gasteiger partial charge in [-0.2, -0.15) is 5.10 Å². The van der Waals surface area contributed by atoms with Crippen molar-refractivity contribution >= 4 is 0 Å². The summed E-state index contributed by atoms with van der Waals surface area (Å²) >= 11 is 0. The zero-order valence-electron chi connectivity index (χ0n) is 11.5. The van der Waals surface area contributed by atoms with Gasteiger partial charge in [0.05, 0.1) is 13.3 Å². The van der Waals surface area contributed by atoms with Crippen molar-refractivity contribution in [3.63, 3.8) is 0 Å². The zero-order chi connectivity index (χ0) is 13.1. The number of hydrogen-bond donors (Lipinski definition) is 1. The van der Waals surface area contributed by atoms with E-state index >= 15 is 0 Å². The van der Waals surface area contributed by atoms with E-state index in [0.717, 1.165) is 18.7 Å². The SMILES string of the molecule is CCCn1ncc(OC)c1C(O)(CC)C(C)C. The van der Waals surface area contributed by atoms with Crippen molar-refractivity contribution in [2.24, 2.45) is 5.92 Å². The van der Waals surface area contributed by atoms with E-state index in [1.165, 1.54) is 0 Å². The third-order valence-corrected chi connectivity index (χ3v) is 3.37. The lowest BCUT2D eigenvalue weighted by atomic mass is 9.84. The van der Waals surface area contributed by atoms with Crippen LogP contribution in [0.5, 0.6) is 5.75 Å². The van der Waals surface area contributed by atoms with Crippen molar-refractivity contribution < 1.29 is 9.84 Å². The van der Waals surface area contributed by atoms with Crippen LogP contribution in [-0.2, 0) is 12.1 Å². The van der Waals surface area contributed by atoms with Crippen LogP contribution < -0.4 is 4.74 Å². The molecular formula is C13H24N2O2. The molecule has 4 nitrogen and oxygen atoms in total. The number of hydrogen-bond acceptors (Lipinski definition) is 3. The van der Waals surface area contributed by atoms with Crippen LogP contribution in [0.4, 0.5) is 0 Å². The smallest absolute Gasteiger partial charge is 0.162 e. The molecule has 0 spiro atoms. The summed E-state index contributed by atoms with van der Waals surface area (Å²) < 4.78 is 7.19. The van der Waals surface area contributed by atoms with E-state index in [1.807, 2.05) is 25.5 Å². The average Bonchev–Trinajstić information content (AvgIpc) is 2.71. The quantitative estimate of drug-likeness (QED) is 0.831. The summed E-state index contributed by atoms with van der Waals surface area (Å²) in [6, 6.07) is 0. The molecule has 1 rings (SSSR count). The molecule has 1 aromatic rings. The van der Waals surface area contributed by atoms with Crippen LogP contribution in [0.1, 0.15) is 46.2 Å². The standard InChI is InChI=1S/C13H24N2O2/c1-6-8-15-12(11(17-5)9-14-15)13(16,7-2)10(3)4/h9-10,16H,6-8H2,1-5H3. The molecule has 17 heavy (non-hydrogen) atoms. The van der Waals surface area contributed by atoms with Gasteiger partial charge in [-0.3, -0.25) is 4.68 Å². The Morgan fingerprint density at radius 3 is 2.53 bits per heavy atom. The van der Waals surface area contributed by atoms with E-state index < -0.39 is 5.60 Å². The first kappa shape index (κ1) is 14.0. The summed E-state index contributed by atoms with van der Waals surface area (Å²) in [4.78, 5) is 0. The van der Waals surface area contributed by atoms with E-state index in [4.69, 9.17) is 4.74 Å². The summed E-state index contributed by atoms with van der Waals surface area (Å²) in [7, 11) is 1.62. The molecule has 0 fully saturated rings. The topological polar surface area (TPSA) is 47.3 Å². The van der Waals surface area contributed by atoms with Gasteiger partial charge >= 0.3 is 0 Å². The molecule has 1 unspecified atom stereocenters. The Bertz CT molecular complexity index is 360. The van der Waals surface area contributed by atoms with E-state index in [2.05, 4.69) is 12.0 Å². The molecule has 0 bridgehead atoms. The van der Waals surface area contributed by atoms with E-state index in [9.17, 15) is 5.11 Å². The van der Waals surface area contributed by atoms with Crippen molar-refractivity contribution in [3.05, 3.63) is 11.9 Å². The minimum Gasteiger partial charge on any atom is -0.493 e. The van der Waals surface area contributed by atoms with Crippen molar-refractivity contribution in [2.45, 2.75) is 52.7 Å². The molecule has 0 aliphatic carbocycles. The Morgan fingerprint density at radius 2 is 2.12 bits per heavy atom. The lowest BCUT2D eigenvalue weighted by molar-refractivity contribution is -0.0240. The molecule has 0 saturated heterocycles. The minimum absolute atomic E-state index is 0.119. The third kappa shape index (κ3) is 2.46. The van der Waals surface area contributed by atoms with Gasteiger partial charge in [-0.05, 0) is 18.8 Å². The van der Waals surface area contributed by atoms with Crippen LogP contribution in [-0.4, -0.2) is 22.0 Å². The molecule has 0 saturated carbocycles. The fourth-order valence-corrected chi connectivity index (χ4v) is 2.18. The van der Waals surface area contributed by atoms with Crippen LogP contribution in [0.3, 0.4) is 0 Å². The Hall–Kier alpha value is -1.03. The van der Waals surface area contributed by atoms with E-state index in [-0.39, 0.29) is 5.92 Å². The number of nitrogens with zero attached hydrogens (tertiary/aromatic N) is 2. The summed E-state index contributed by atoms with van der Waals surface area (Å²) in [5.74, 6) is 0.796. The lowest BCUT2D eigenvalue weighted by Crippen LogP contribution is -2.34. The van der Waals surface area contributed by atoms with Gasteiger partial charge in [0.15, 0.2) is 5.75 Å². The molecular weight excluding hydrogens is 216 g/mol. The summed E-state index contributed by atoms with van der Waals surface area (Å²) in [6.07, 6.45) is 3.32. The van der Waals surface area contributed by atoms with E-state index in [0.29, 0.717) is 12.2 Å². The van der Waals surface area contributed by atoms with Gasteiger partial charge in [0.2, 0.25) is 0 Å². The predicted octanol–water partition coefficient (Wildman–Crippen LogP) is 2.56. The fourth-order valence-electron chi connectivity index (χ4n) is 2.18. The van der Waals surface area contributed by atoms with Crippen molar-refractivity contribution in [1.29, 1.82) is 0 Å². The highest BCUT2D eigenvalue weighted by molar-refractivity contribution is 5.31. The number of rotatable bonds is 6. The van der Waals surface area contributed by atoms with Gasteiger partial charge in [0, 0.05) is 6.54 Å². The molecule has 1 N–H and O–H groups in total. The molecule has 1 heterocycles. The van der Waals surface area contributed by atoms with Gasteiger partial charge in [0.25, 0.3) is 0 Å². The van der Waals surface area contributed by atoms with Crippen LogP contribution in [0.2, 0.25) is 0 Å². The largest absolute Gasteiger partial charge is 0.493 e. The lowest BCUT2D eigenvalue weighted by Gasteiger charge is -2.32. The van der Waals surface area contributed by atoms with Crippen LogP contribution in [0.25, 0.3) is 0 Å². The Labute approximate surface area is 104 Å². The molecule has 1 aromatic heterocycles. The maximum Gasteiger partial charge on any atom is 0.162 e. The highest BCUT2D eigenvalue weighted by Crippen LogP contribution is 2.38. The van der Waals surface area contributed by atoms with Crippen LogP contribution in [0.15, 0.2) is 6.20 Å². The molecule has 98 valence electrons. The van der Waals surface area contributed by atoms with Gasteiger partial charge in [-0.1, -0.05) is 27.7 Å². The van der Waals surface area contributed by atoms with Gasteiger partial charge in [-0.25, -0.2) is 0 Å². The number of aromatic nitrogens is 2. The average molecular weight is 240 g/mol. The second-order valence-electron chi connectivity index (χ2n) is 4.72. The summed E-state index contributed by atoms with van der Waals surface area (Å²) in [5.41, 5.74) is -0.0730. The highest BCUT2D eigenvalue weighted by Gasteiger charge is 2.37. The minimum atomic E-state index is -0.878. The van der Waals surface area contributed by atoms with Gasteiger partial charge in [-0.15, -0.1) is 0 Å². The first-order chi connectivity index (χ1) is 8.01. The highest BCUT2D eigenvalue weighted by atomic mass is 16.5. The van der Waals surface area contributed by atoms with Gasteiger partial charge in [0.1, 0.15) is 11.3 Å². The monoisotopic (exact) mass is 240 g/mol. The normalized spacial score (nSPS) is 15.0. The van der Waals surface area contributed by atoms with Gasteiger partial charge < -0.3 is 9.84 Å². The first-order valence-electron chi connectivity index (χ1n) is 6.33. The van der Waals surface area contributed by atoms with E-state index in [1.54, 1.807) is 13.3 Å². The summed E-state index contributed by atoms with van der Waals surface area (Å²) in [6.45, 7) is 8.92. The first-order valence-corrected chi connectivity index (χ1v) is 6.33. The molecule has 0 amide bonds. The molecule has 1 atom stereocenters.